The SMILES string of the molecule is C[C@@H]1COCCN1C[C@H]1CN(C(=O)OC(C)(C)C)[C@H](C)CN1CC(=O)N1CC(C)(C)c2c1cc(C(O)c1ccc(F)cc1F)c1ncnn21. The molecule has 3 aromatic rings. The number of ether oxygens (including phenoxy) is 2. The van der Waals surface area contributed by atoms with Crippen LogP contribution in [0.1, 0.15) is 71.4 Å². The van der Waals surface area contributed by atoms with E-state index in [0.717, 1.165) is 24.4 Å². The van der Waals surface area contributed by atoms with Crippen LogP contribution in [0.4, 0.5) is 19.3 Å². The molecule has 3 aliphatic rings. The van der Waals surface area contributed by atoms with Crippen LogP contribution in [-0.2, 0) is 19.7 Å². The topological polar surface area (TPSA) is 116 Å². The van der Waals surface area contributed by atoms with Gasteiger partial charge in [-0.15, -0.1) is 0 Å². The number of aliphatic hydroxyl groups is 1. The lowest BCUT2D eigenvalue weighted by Gasteiger charge is -2.47. The standard InChI is InChI=1S/C35H47F2N7O5/c1-21-14-41(24(15-40-10-11-48-18-22(40)2)16-42(21)33(47)49-34(3,4)5)17-29(45)43-19-35(6,7)31-28(43)13-26(32-38-20-39-44(31)32)30(46)25-9-8-23(36)12-27(25)37/h8-9,12-13,20-22,24,30,46H,10-11,14-19H2,1-7H3/t21-,22-,24+,30?/m1/s1. The third-order valence-electron chi connectivity index (χ3n) is 9.76. The maximum Gasteiger partial charge on any atom is 0.410 e. The van der Waals surface area contributed by atoms with Crippen molar-refractivity contribution in [3.8, 4) is 0 Å². The molecule has 49 heavy (non-hydrogen) atoms. The summed E-state index contributed by atoms with van der Waals surface area (Å²) < 4.78 is 41.6. The van der Waals surface area contributed by atoms with E-state index in [4.69, 9.17) is 9.47 Å². The molecule has 0 radical (unpaired) electrons. The second-order valence-corrected chi connectivity index (χ2v) is 15.2. The van der Waals surface area contributed by atoms with Gasteiger partial charge < -0.3 is 24.4 Å². The molecule has 14 heteroatoms. The number of hydrogen-bond acceptors (Lipinski definition) is 9. The first-order valence-corrected chi connectivity index (χ1v) is 16.9. The lowest BCUT2D eigenvalue weighted by Crippen LogP contribution is -2.64. The van der Waals surface area contributed by atoms with E-state index in [1.807, 2.05) is 41.5 Å². The zero-order valence-electron chi connectivity index (χ0n) is 29.3. The van der Waals surface area contributed by atoms with Crippen molar-refractivity contribution in [3.63, 3.8) is 0 Å². The number of benzene rings is 1. The monoisotopic (exact) mass is 683 g/mol. The van der Waals surface area contributed by atoms with Crippen molar-refractivity contribution in [1.29, 1.82) is 0 Å². The lowest BCUT2D eigenvalue weighted by atomic mass is 9.90. The molecule has 6 rings (SSSR count). The number of nitrogens with zero attached hydrogens (tertiary/aromatic N) is 7. The highest BCUT2D eigenvalue weighted by Gasteiger charge is 2.44. The Hall–Kier alpha value is -3.72. The fourth-order valence-electron chi connectivity index (χ4n) is 7.31. The molecule has 1 unspecified atom stereocenters. The van der Waals surface area contributed by atoms with E-state index in [1.54, 1.807) is 20.4 Å². The van der Waals surface area contributed by atoms with Gasteiger partial charge in [0.15, 0.2) is 5.65 Å². The van der Waals surface area contributed by atoms with Gasteiger partial charge in [0.05, 0.1) is 31.1 Å². The number of fused-ring (bicyclic) bond motifs is 3. The molecule has 3 aliphatic heterocycles. The van der Waals surface area contributed by atoms with Crippen LogP contribution in [0.15, 0.2) is 30.6 Å². The van der Waals surface area contributed by atoms with E-state index in [9.17, 15) is 23.5 Å². The van der Waals surface area contributed by atoms with Crippen molar-refractivity contribution in [2.45, 2.75) is 83.7 Å². The summed E-state index contributed by atoms with van der Waals surface area (Å²) in [4.78, 5) is 40.0. The van der Waals surface area contributed by atoms with Crippen LogP contribution in [0.3, 0.4) is 0 Å². The van der Waals surface area contributed by atoms with Crippen LogP contribution in [0.5, 0.6) is 0 Å². The molecule has 1 N–H and O–H groups in total. The van der Waals surface area contributed by atoms with Crippen molar-refractivity contribution >= 4 is 23.3 Å². The molecular formula is C35H47F2N7O5. The van der Waals surface area contributed by atoms with Crippen LogP contribution in [-0.4, -0.2) is 123 Å². The maximum atomic E-state index is 14.8. The Morgan fingerprint density at radius 3 is 2.55 bits per heavy atom. The molecule has 2 saturated heterocycles. The predicted molar refractivity (Wildman–Crippen MR) is 178 cm³/mol. The van der Waals surface area contributed by atoms with E-state index >= 15 is 0 Å². The highest BCUT2D eigenvalue weighted by molar-refractivity contribution is 5.98. The zero-order valence-corrected chi connectivity index (χ0v) is 29.3. The normalized spacial score (nSPS) is 23.9. The number of carbonyl (C=O) groups is 2. The molecule has 2 aromatic heterocycles. The van der Waals surface area contributed by atoms with Crippen molar-refractivity contribution in [3.05, 3.63) is 59.0 Å². The van der Waals surface area contributed by atoms with E-state index in [0.29, 0.717) is 50.7 Å². The minimum Gasteiger partial charge on any atom is -0.444 e. The van der Waals surface area contributed by atoms with Crippen LogP contribution in [0.25, 0.3) is 5.65 Å². The van der Waals surface area contributed by atoms with Crippen molar-refractivity contribution in [1.82, 2.24) is 29.3 Å². The molecule has 0 aliphatic carbocycles. The average molecular weight is 684 g/mol. The molecule has 2 fully saturated rings. The summed E-state index contributed by atoms with van der Waals surface area (Å²) in [5.74, 6) is -1.80. The van der Waals surface area contributed by atoms with Gasteiger partial charge in [-0.05, 0) is 46.8 Å². The molecule has 0 spiro atoms. The predicted octanol–water partition coefficient (Wildman–Crippen LogP) is 3.74. The number of aliphatic hydroxyl groups excluding tert-OH is 1. The van der Waals surface area contributed by atoms with Gasteiger partial charge >= 0.3 is 6.09 Å². The van der Waals surface area contributed by atoms with E-state index in [2.05, 4.69) is 26.8 Å². The Bertz CT molecular complexity index is 1730. The first-order chi connectivity index (χ1) is 23.0. The van der Waals surface area contributed by atoms with Gasteiger partial charge in [0.25, 0.3) is 0 Å². The number of hydrogen-bond donors (Lipinski definition) is 1. The lowest BCUT2D eigenvalue weighted by molar-refractivity contribution is -0.121. The first kappa shape index (κ1) is 35.1. The third kappa shape index (κ3) is 7.01. The summed E-state index contributed by atoms with van der Waals surface area (Å²) in [5.41, 5.74) is 0.568. The van der Waals surface area contributed by atoms with E-state index in [-0.39, 0.29) is 47.8 Å². The Morgan fingerprint density at radius 2 is 1.86 bits per heavy atom. The largest absolute Gasteiger partial charge is 0.444 e. The van der Waals surface area contributed by atoms with Gasteiger partial charge in [-0.2, -0.15) is 5.10 Å². The van der Waals surface area contributed by atoms with Gasteiger partial charge in [-0.1, -0.05) is 19.9 Å². The second kappa shape index (κ2) is 13.2. The third-order valence-corrected chi connectivity index (χ3v) is 9.76. The number of carbonyl (C=O) groups excluding carboxylic acids is 2. The molecule has 266 valence electrons. The van der Waals surface area contributed by atoms with Gasteiger partial charge in [0.1, 0.15) is 29.7 Å². The number of piperazine rings is 1. The molecule has 4 atom stereocenters. The number of pyridine rings is 1. The summed E-state index contributed by atoms with van der Waals surface area (Å²) in [5, 5.41) is 15.8. The van der Waals surface area contributed by atoms with Crippen molar-refractivity contribution in [2.24, 2.45) is 0 Å². The Morgan fingerprint density at radius 1 is 1.10 bits per heavy atom. The summed E-state index contributed by atoms with van der Waals surface area (Å²) >= 11 is 0. The summed E-state index contributed by atoms with van der Waals surface area (Å²) in [6.45, 7) is 17.6. The van der Waals surface area contributed by atoms with Gasteiger partial charge in [-0.25, -0.2) is 23.1 Å². The summed E-state index contributed by atoms with van der Waals surface area (Å²) in [7, 11) is 0. The molecule has 0 bridgehead atoms. The Kier molecular flexibility index (Phi) is 9.46. The van der Waals surface area contributed by atoms with Crippen molar-refractivity contribution < 1.29 is 33.0 Å². The zero-order chi connectivity index (χ0) is 35.4. The highest BCUT2D eigenvalue weighted by atomic mass is 19.1. The van der Waals surface area contributed by atoms with Crippen LogP contribution < -0.4 is 4.90 Å². The maximum absolute atomic E-state index is 14.8. The van der Waals surface area contributed by atoms with E-state index < -0.39 is 28.8 Å². The Balaban J connectivity index is 1.31. The minimum absolute atomic E-state index is 0.0886. The van der Waals surface area contributed by atoms with Crippen molar-refractivity contribution in [2.75, 3.05) is 57.4 Å². The number of rotatable bonds is 6. The number of morpholine rings is 1. The molecule has 1 aromatic carbocycles. The number of halogens is 2. The van der Waals surface area contributed by atoms with Crippen LogP contribution >= 0.6 is 0 Å². The fourth-order valence-corrected chi connectivity index (χ4v) is 7.31. The molecule has 5 heterocycles. The fraction of sp³-hybridized carbons (Fsp3) is 0.600. The number of aromatic nitrogens is 3. The molecule has 0 saturated carbocycles. The number of amides is 2. The highest BCUT2D eigenvalue weighted by Crippen LogP contribution is 2.43. The number of anilines is 1. The smallest absolute Gasteiger partial charge is 0.410 e. The average Bonchev–Trinajstić information content (AvgIpc) is 3.59. The summed E-state index contributed by atoms with van der Waals surface area (Å²) in [6.07, 6.45) is -0.502. The summed E-state index contributed by atoms with van der Waals surface area (Å²) in [6, 6.07) is 4.53. The van der Waals surface area contributed by atoms with Crippen LogP contribution in [0.2, 0.25) is 0 Å². The van der Waals surface area contributed by atoms with Gasteiger partial charge in [0, 0.05) is 73.5 Å². The Labute approximate surface area is 285 Å². The second-order valence-electron chi connectivity index (χ2n) is 15.2. The molecular weight excluding hydrogens is 636 g/mol. The first-order valence-electron chi connectivity index (χ1n) is 16.9. The van der Waals surface area contributed by atoms with Gasteiger partial charge in [0.2, 0.25) is 5.91 Å². The minimum atomic E-state index is -1.49. The molecule has 2 amide bonds. The quantitative estimate of drug-likeness (QED) is 0.415. The van der Waals surface area contributed by atoms with Gasteiger partial charge in [-0.3, -0.25) is 14.6 Å². The molecule has 12 nitrogen and oxygen atoms in total. The van der Waals surface area contributed by atoms with E-state index in [1.165, 1.54) is 12.4 Å². The van der Waals surface area contributed by atoms with Crippen LogP contribution in [0, 0.1) is 11.6 Å².